The third-order valence-corrected chi connectivity index (χ3v) is 2.83. The number of nitrogens with two attached hydrogens (primary N) is 1. The van der Waals surface area contributed by atoms with Gasteiger partial charge in [-0.15, -0.1) is 0 Å². The molecule has 80 valence electrons. The van der Waals surface area contributed by atoms with Gasteiger partial charge in [0.25, 0.3) is 0 Å². The number of aliphatic imine (C=N–C) groups is 1. The molecule has 0 amide bonds. The molecule has 0 bridgehead atoms. The minimum Gasteiger partial charge on any atom is -0.370 e. The van der Waals surface area contributed by atoms with Crippen molar-refractivity contribution < 1.29 is 0 Å². The Hall–Kier alpha value is -1.51. The zero-order chi connectivity index (χ0) is 10.7. The van der Waals surface area contributed by atoms with Crippen LogP contribution in [0.15, 0.2) is 35.3 Å². The molecule has 1 aromatic rings. The van der Waals surface area contributed by atoms with Crippen LogP contribution in [0, 0.1) is 0 Å². The normalized spacial score (nSPS) is 20.5. The Bertz CT molecular complexity index is 345. The van der Waals surface area contributed by atoms with Crippen LogP contribution in [0.5, 0.6) is 0 Å². The first-order valence-electron chi connectivity index (χ1n) is 5.38. The van der Waals surface area contributed by atoms with Crippen molar-refractivity contribution in [1.82, 2.24) is 4.90 Å². The van der Waals surface area contributed by atoms with Gasteiger partial charge in [0.2, 0.25) is 0 Å². The van der Waals surface area contributed by atoms with Crippen LogP contribution in [0.25, 0.3) is 0 Å². The third-order valence-electron chi connectivity index (χ3n) is 2.83. The van der Waals surface area contributed by atoms with Crippen LogP contribution in [0.2, 0.25) is 0 Å². The maximum absolute atomic E-state index is 5.81. The second-order valence-corrected chi connectivity index (χ2v) is 3.98. The highest BCUT2D eigenvalue weighted by molar-refractivity contribution is 5.80. The number of nitrogens with zero attached hydrogens (tertiary/aromatic N) is 2. The van der Waals surface area contributed by atoms with E-state index in [1.807, 2.05) is 6.07 Å². The summed E-state index contributed by atoms with van der Waals surface area (Å²) in [5.41, 5.74) is 7.16. The topological polar surface area (TPSA) is 41.6 Å². The molecule has 1 aliphatic rings. The summed E-state index contributed by atoms with van der Waals surface area (Å²) in [5, 5.41) is 0. The molecule has 0 saturated carbocycles. The van der Waals surface area contributed by atoms with E-state index in [0.717, 1.165) is 19.5 Å². The summed E-state index contributed by atoms with van der Waals surface area (Å²) in [4.78, 5) is 6.40. The van der Waals surface area contributed by atoms with E-state index in [1.54, 1.807) is 0 Å². The first kappa shape index (κ1) is 10.0. The second-order valence-electron chi connectivity index (χ2n) is 3.98. The SMILES string of the molecule is CC1CN=C(N)N1CCc1ccccc1. The van der Waals surface area contributed by atoms with E-state index in [2.05, 4.69) is 41.1 Å². The van der Waals surface area contributed by atoms with Gasteiger partial charge in [0.05, 0.1) is 6.54 Å². The molecule has 0 aromatic heterocycles. The molecule has 1 aliphatic heterocycles. The van der Waals surface area contributed by atoms with Gasteiger partial charge < -0.3 is 10.6 Å². The number of rotatable bonds is 3. The second kappa shape index (κ2) is 4.34. The first-order chi connectivity index (χ1) is 7.27. The summed E-state index contributed by atoms with van der Waals surface area (Å²) in [5.74, 6) is 0.693. The minimum absolute atomic E-state index is 0.453. The van der Waals surface area contributed by atoms with E-state index in [4.69, 9.17) is 5.73 Å². The van der Waals surface area contributed by atoms with Crippen molar-refractivity contribution >= 4 is 5.96 Å². The van der Waals surface area contributed by atoms with Gasteiger partial charge in [-0.05, 0) is 18.9 Å². The highest BCUT2D eigenvalue weighted by atomic mass is 15.3. The lowest BCUT2D eigenvalue weighted by Crippen LogP contribution is -2.40. The van der Waals surface area contributed by atoms with Crippen LogP contribution < -0.4 is 5.73 Å². The molecule has 2 rings (SSSR count). The molecule has 2 N–H and O–H groups in total. The lowest BCUT2D eigenvalue weighted by atomic mass is 10.1. The highest BCUT2D eigenvalue weighted by Gasteiger charge is 2.20. The molecule has 15 heavy (non-hydrogen) atoms. The fourth-order valence-corrected chi connectivity index (χ4v) is 1.87. The van der Waals surface area contributed by atoms with E-state index in [1.165, 1.54) is 5.56 Å². The lowest BCUT2D eigenvalue weighted by molar-refractivity contribution is 0.364. The standard InChI is InChI=1S/C12H17N3/c1-10-9-14-12(13)15(10)8-7-11-5-3-2-4-6-11/h2-6,10H,7-9H2,1H3,(H2,13,14). The van der Waals surface area contributed by atoms with Crippen LogP contribution in [0.1, 0.15) is 12.5 Å². The Morgan fingerprint density at radius 1 is 1.40 bits per heavy atom. The Labute approximate surface area is 90.6 Å². The van der Waals surface area contributed by atoms with Crippen LogP contribution >= 0.6 is 0 Å². The molecule has 3 nitrogen and oxygen atoms in total. The van der Waals surface area contributed by atoms with E-state index >= 15 is 0 Å². The summed E-state index contributed by atoms with van der Waals surface area (Å²) in [7, 11) is 0. The predicted molar refractivity (Wildman–Crippen MR) is 62.8 cm³/mol. The van der Waals surface area contributed by atoms with Crippen molar-refractivity contribution in [2.24, 2.45) is 10.7 Å². The van der Waals surface area contributed by atoms with Crippen LogP contribution in [0.4, 0.5) is 0 Å². The molecule has 1 aromatic carbocycles. The molecule has 0 saturated heterocycles. The number of guanidine groups is 1. The predicted octanol–water partition coefficient (Wildman–Crippen LogP) is 1.25. The smallest absolute Gasteiger partial charge is 0.191 e. The van der Waals surface area contributed by atoms with Gasteiger partial charge in [0.1, 0.15) is 0 Å². The average Bonchev–Trinajstić information content (AvgIpc) is 2.58. The van der Waals surface area contributed by atoms with E-state index in [9.17, 15) is 0 Å². The van der Waals surface area contributed by atoms with Gasteiger partial charge in [-0.25, -0.2) is 0 Å². The molecule has 3 heteroatoms. The zero-order valence-corrected chi connectivity index (χ0v) is 9.06. The maximum atomic E-state index is 5.81. The summed E-state index contributed by atoms with van der Waals surface area (Å²) in [6.45, 7) is 3.95. The van der Waals surface area contributed by atoms with Gasteiger partial charge in [-0.2, -0.15) is 0 Å². The van der Waals surface area contributed by atoms with Crippen molar-refractivity contribution in [3.8, 4) is 0 Å². The molecule has 0 radical (unpaired) electrons. The lowest BCUT2D eigenvalue weighted by Gasteiger charge is -2.23. The molecule has 0 aliphatic carbocycles. The molecular formula is C12H17N3. The van der Waals surface area contributed by atoms with Gasteiger partial charge in [0, 0.05) is 12.6 Å². The summed E-state index contributed by atoms with van der Waals surface area (Å²) >= 11 is 0. The molecule has 1 unspecified atom stereocenters. The monoisotopic (exact) mass is 203 g/mol. The van der Waals surface area contributed by atoms with Crippen LogP contribution in [0.3, 0.4) is 0 Å². The van der Waals surface area contributed by atoms with Crippen molar-refractivity contribution in [3.63, 3.8) is 0 Å². The van der Waals surface area contributed by atoms with Crippen LogP contribution in [-0.2, 0) is 6.42 Å². The van der Waals surface area contributed by atoms with Gasteiger partial charge in [-0.3, -0.25) is 4.99 Å². The fourth-order valence-electron chi connectivity index (χ4n) is 1.87. The average molecular weight is 203 g/mol. The van der Waals surface area contributed by atoms with Crippen molar-refractivity contribution in [2.45, 2.75) is 19.4 Å². The minimum atomic E-state index is 0.453. The van der Waals surface area contributed by atoms with Gasteiger partial charge >= 0.3 is 0 Å². The van der Waals surface area contributed by atoms with Crippen molar-refractivity contribution in [3.05, 3.63) is 35.9 Å². The van der Waals surface area contributed by atoms with E-state index < -0.39 is 0 Å². The van der Waals surface area contributed by atoms with Crippen molar-refractivity contribution in [1.29, 1.82) is 0 Å². The molecule has 0 spiro atoms. The Balaban J connectivity index is 1.91. The van der Waals surface area contributed by atoms with E-state index in [-0.39, 0.29) is 0 Å². The molecule has 1 heterocycles. The third kappa shape index (κ3) is 2.29. The molecular weight excluding hydrogens is 186 g/mol. The fraction of sp³-hybridized carbons (Fsp3) is 0.417. The number of benzene rings is 1. The number of hydrogen-bond donors (Lipinski definition) is 1. The summed E-state index contributed by atoms with van der Waals surface area (Å²) in [6, 6.07) is 10.9. The Morgan fingerprint density at radius 2 is 2.13 bits per heavy atom. The first-order valence-corrected chi connectivity index (χ1v) is 5.38. The van der Waals surface area contributed by atoms with E-state index in [0.29, 0.717) is 12.0 Å². The summed E-state index contributed by atoms with van der Waals surface area (Å²) in [6.07, 6.45) is 1.03. The van der Waals surface area contributed by atoms with Crippen molar-refractivity contribution in [2.75, 3.05) is 13.1 Å². The van der Waals surface area contributed by atoms with Crippen LogP contribution in [-0.4, -0.2) is 30.0 Å². The largest absolute Gasteiger partial charge is 0.370 e. The van der Waals surface area contributed by atoms with Gasteiger partial charge in [0.15, 0.2) is 5.96 Å². The Kier molecular flexibility index (Phi) is 2.90. The van der Waals surface area contributed by atoms with Gasteiger partial charge in [-0.1, -0.05) is 30.3 Å². The summed E-state index contributed by atoms with van der Waals surface area (Å²) < 4.78 is 0. The molecule has 0 fully saturated rings. The quantitative estimate of drug-likeness (QED) is 0.803. The molecule has 1 atom stereocenters. The number of hydrogen-bond acceptors (Lipinski definition) is 3. The maximum Gasteiger partial charge on any atom is 0.191 e. The highest BCUT2D eigenvalue weighted by Crippen LogP contribution is 2.09. The zero-order valence-electron chi connectivity index (χ0n) is 9.06. The Morgan fingerprint density at radius 3 is 2.73 bits per heavy atom.